The molecule has 0 atom stereocenters. The molecule has 2 heterocycles. The van der Waals surface area contributed by atoms with Gasteiger partial charge in [0.05, 0.1) is 6.33 Å². The number of rotatable bonds is 0. The fourth-order valence-corrected chi connectivity index (χ4v) is 1.26. The Hall–Kier alpha value is -1.08. The molecule has 0 amide bonds. The summed E-state index contributed by atoms with van der Waals surface area (Å²) in [4.78, 5) is 28.6. The molecule has 0 aliphatic rings. The Morgan fingerprint density at radius 2 is 2.00 bits per heavy atom. The number of H-pyrrole nitrogens is 1. The molecule has 1 N–H and O–H groups in total. The normalized spacial score (nSPS) is 10.1. The molecule has 0 saturated heterocycles. The van der Waals surface area contributed by atoms with Gasteiger partial charge in [-0.15, -0.1) is 0 Å². The standard InChI is InChI=1S/C7H8N4O2.Mg/c1-10-3-8-5-4(10)6(12)9-7(13)11(5)2;/h3H,1-2H3,(H,9,12,13);. The van der Waals surface area contributed by atoms with Gasteiger partial charge in [0.1, 0.15) is 0 Å². The number of fused-ring (bicyclic) bond motifs is 1. The minimum absolute atomic E-state index is 0. The smallest absolute Gasteiger partial charge is 0.328 e. The molecule has 0 spiro atoms. The summed E-state index contributed by atoms with van der Waals surface area (Å²) in [5.74, 6) is 0. The van der Waals surface area contributed by atoms with Gasteiger partial charge in [0.2, 0.25) is 0 Å². The van der Waals surface area contributed by atoms with E-state index in [0.29, 0.717) is 11.2 Å². The number of aromatic nitrogens is 4. The summed E-state index contributed by atoms with van der Waals surface area (Å²) < 4.78 is 2.88. The van der Waals surface area contributed by atoms with E-state index in [1.165, 1.54) is 10.9 Å². The molecule has 0 unspecified atom stereocenters. The Balaban J connectivity index is 0.000000980. The van der Waals surface area contributed by atoms with E-state index in [1.807, 2.05) is 0 Å². The lowest BCUT2D eigenvalue weighted by Gasteiger charge is -1.97. The molecule has 2 aromatic heterocycles. The second kappa shape index (κ2) is 3.58. The number of hydrogen-bond donors (Lipinski definition) is 1. The van der Waals surface area contributed by atoms with Gasteiger partial charge in [0.15, 0.2) is 11.2 Å². The van der Waals surface area contributed by atoms with E-state index in [0.717, 1.165) is 0 Å². The summed E-state index contributed by atoms with van der Waals surface area (Å²) in [7, 11) is 3.27. The third-order valence-electron chi connectivity index (χ3n) is 1.98. The number of imidazole rings is 1. The first-order valence-electron chi connectivity index (χ1n) is 3.71. The summed E-state index contributed by atoms with van der Waals surface area (Å²) >= 11 is 0. The van der Waals surface area contributed by atoms with Gasteiger partial charge in [-0.05, 0) is 0 Å². The second-order valence-corrected chi connectivity index (χ2v) is 2.85. The molecule has 7 heteroatoms. The van der Waals surface area contributed by atoms with Crippen molar-refractivity contribution in [2.75, 3.05) is 0 Å². The van der Waals surface area contributed by atoms with Crippen LogP contribution in [0.15, 0.2) is 15.9 Å². The van der Waals surface area contributed by atoms with Gasteiger partial charge in [0.25, 0.3) is 5.56 Å². The Bertz CT molecular complexity index is 579. The van der Waals surface area contributed by atoms with Gasteiger partial charge < -0.3 is 4.57 Å². The highest BCUT2D eigenvalue weighted by atomic mass is 24.3. The van der Waals surface area contributed by atoms with Gasteiger partial charge in [-0.3, -0.25) is 14.3 Å². The van der Waals surface area contributed by atoms with Crippen molar-refractivity contribution in [3.05, 3.63) is 27.2 Å². The van der Waals surface area contributed by atoms with Crippen LogP contribution in [0.25, 0.3) is 11.2 Å². The van der Waals surface area contributed by atoms with Crippen molar-refractivity contribution in [1.29, 1.82) is 0 Å². The zero-order valence-corrected chi connectivity index (χ0v) is 9.36. The largest absolute Gasteiger partial charge is 0.329 e. The Labute approximate surface area is 94.7 Å². The zero-order chi connectivity index (χ0) is 9.59. The van der Waals surface area contributed by atoms with Gasteiger partial charge in [-0.25, -0.2) is 9.78 Å². The predicted molar refractivity (Wildman–Crippen MR) is 52.3 cm³/mol. The van der Waals surface area contributed by atoms with Crippen LogP contribution in [-0.2, 0) is 14.1 Å². The van der Waals surface area contributed by atoms with E-state index in [2.05, 4.69) is 9.97 Å². The van der Waals surface area contributed by atoms with Crippen molar-refractivity contribution in [3.63, 3.8) is 0 Å². The summed E-state index contributed by atoms with van der Waals surface area (Å²) in [5, 5.41) is 0. The van der Waals surface area contributed by atoms with Crippen molar-refractivity contribution in [2.24, 2.45) is 14.1 Å². The highest BCUT2D eigenvalue weighted by Gasteiger charge is 2.08. The molecule has 2 rings (SSSR count). The van der Waals surface area contributed by atoms with Crippen molar-refractivity contribution >= 4 is 34.2 Å². The lowest BCUT2D eigenvalue weighted by Crippen LogP contribution is -2.28. The van der Waals surface area contributed by atoms with Crippen LogP contribution < -0.4 is 11.2 Å². The molecule has 0 aromatic carbocycles. The maximum Gasteiger partial charge on any atom is 0.329 e. The predicted octanol–water partition coefficient (Wildman–Crippen LogP) is -1.42. The first-order chi connectivity index (χ1) is 6.11. The number of nitrogens with one attached hydrogen (secondary N) is 1. The van der Waals surface area contributed by atoms with E-state index in [9.17, 15) is 9.59 Å². The topological polar surface area (TPSA) is 72.7 Å². The van der Waals surface area contributed by atoms with Gasteiger partial charge in [-0.2, -0.15) is 0 Å². The molecule has 2 aromatic rings. The van der Waals surface area contributed by atoms with Crippen molar-refractivity contribution in [3.8, 4) is 0 Å². The molecule has 0 bridgehead atoms. The zero-order valence-electron chi connectivity index (χ0n) is 7.94. The van der Waals surface area contributed by atoms with Gasteiger partial charge in [0, 0.05) is 37.1 Å². The van der Waals surface area contributed by atoms with E-state index < -0.39 is 11.2 Å². The van der Waals surface area contributed by atoms with E-state index >= 15 is 0 Å². The number of hydrogen-bond acceptors (Lipinski definition) is 3. The maximum atomic E-state index is 11.3. The summed E-state index contributed by atoms with van der Waals surface area (Å²) in [5.41, 5.74) is -0.0485. The summed E-state index contributed by atoms with van der Waals surface area (Å²) in [6.45, 7) is 0. The first kappa shape index (κ1) is 11.0. The maximum absolute atomic E-state index is 11.3. The van der Waals surface area contributed by atoms with Gasteiger partial charge in [-0.1, -0.05) is 0 Å². The molecule has 0 aliphatic carbocycles. The first-order valence-corrected chi connectivity index (χ1v) is 3.71. The van der Waals surface area contributed by atoms with Crippen molar-refractivity contribution < 1.29 is 0 Å². The quantitative estimate of drug-likeness (QED) is 0.535. The molecule has 70 valence electrons. The average Bonchev–Trinajstić information content (AvgIpc) is 2.44. The molecule has 0 saturated carbocycles. The third-order valence-corrected chi connectivity index (χ3v) is 1.98. The van der Waals surface area contributed by atoms with Crippen LogP contribution in [0.1, 0.15) is 0 Å². The monoisotopic (exact) mass is 204 g/mol. The molecule has 14 heavy (non-hydrogen) atoms. The molecule has 0 fully saturated rings. The molecular weight excluding hydrogens is 196 g/mol. The molecular formula is C7H8MgN4O2. The fourth-order valence-electron chi connectivity index (χ4n) is 1.26. The summed E-state index contributed by atoms with van der Waals surface area (Å²) in [6, 6.07) is 0. The third kappa shape index (κ3) is 1.38. The number of aryl methyl sites for hydroxylation is 2. The fraction of sp³-hybridized carbons (Fsp3) is 0.286. The van der Waals surface area contributed by atoms with Crippen LogP contribution in [-0.4, -0.2) is 42.2 Å². The summed E-state index contributed by atoms with van der Waals surface area (Å²) in [6.07, 6.45) is 1.50. The number of aromatic amines is 1. The van der Waals surface area contributed by atoms with Crippen LogP contribution in [0.2, 0.25) is 0 Å². The molecule has 0 aliphatic heterocycles. The van der Waals surface area contributed by atoms with Crippen molar-refractivity contribution in [2.45, 2.75) is 0 Å². The van der Waals surface area contributed by atoms with Crippen LogP contribution in [0, 0.1) is 0 Å². The second-order valence-electron chi connectivity index (χ2n) is 2.85. The van der Waals surface area contributed by atoms with Crippen molar-refractivity contribution in [1.82, 2.24) is 19.1 Å². The van der Waals surface area contributed by atoms with Crippen LogP contribution in [0.4, 0.5) is 0 Å². The van der Waals surface area contributed by atoms with Crippen LogP contribution in [0.3, 0.4) is 0 Å². The Kier molecular flexibility index (Phi) is 2.81. The van der Waals surface area contributed by atoms with Crippen LogP contribution in [0.5, 0.6) is 0 Å². The molecule has 2 radical (unpaired) electrons. The van der Waals surface area contributed by atoms with E-state index in [-0.39, 0.29) is 23.1 Å². The minimum Gasteiger partial charge on any atom is -0.328 e. The van der Waals surface area contributed by atoms with Crippen LogP contribution >= 0.6 is 0 Å². The van der Waals surface area contributed by atoms with Gasteiger partial charge >= 0.3 is 5.69 Å². The van der Waals surface area contributed by atoms with E-state index in [4.69, 9.17) is 0 Å². The minimum atomic E-state index is -0.448. The highest BCUT2D eigenvalue weighted by molar-refractivity contribution is 5.75. The average molecular weight is 204 g/mol. The van der Waals surface area contributed by atoms with E-state index in [1.54, 1.807) is 18.7 Å². The highest BCUT2D eigenvalue weighted by Crippen LogP contribution is 2.00. The Morgan fingerprint density at radius 1 is 1.36 bits per heavy atom. The SMILES string of the molecule is Cn1cnc2c1c(=O)[nH]c(=O)n2C.[Mg]. The number of nitrogens with zero attached hydrogens (tertiary/aromatic N) is 3. The lowest BCUT2D eigenvalue weighted by molar-refractivity contribution is 0.829. The Morgan fingerprint density at radius 3 is 2.64 bits per heavy atom. The lowest BCUT2D eigenvalue weighted by atomic mass is 10.5. The molecule has 6 nitrogen and oxygen atoms in total.